The summed E-state index contributed by atoms with van der Waals surface area (Å²) in [5.41, 5.74) is 3.53. The van der Waals surface area contributed by atoms with Crippen LogP contribution >= 0.6 is 11.3 Å². The van der Waals surface area contributed by atoms with Crippen LogP contribution in [-0.4, -0.2) is 17.4 Å². The zero-order chi connectivity index (χ0) is 13.7. The zero-order valence-electron chi connectivity index (χ0n) is 10.6. The van der Waals surface area contributed by atoms with E-state index in [2.05, 4.69) is 10.3 Å². The minimum absolute atomic E-state index is 0.0820. The van der Waals surface area contributed by atoms with Gasteiger partial charge in [-0.05, 0) is 30.5 Å². The van der Waals surface area contributed by atoms with Gasteiger partial charge in [-0.15, -0.1) is 11.3 Å². The standard InChI is InChI=1S/C14H15FN2OS/c1-2-12-13(19-9-17-12)14(18)16-8-7-10-3-5-11(15)6-4-10/h3-6,9H,2,7-8H2,1H3,(H,16,18). The fourth-order valence-corrected chi connectivity index (χ4v) is 2.56. The third kappa shape index (κ3) is 3.61. The smallest absolute Gasteiger partial charge is 0.263 e. The van der Waals surface area contributed by atoms with Crippen LogP contribution in [-0.2, 0) is 12.8 Å². The highest BCUT2D eigenvalue weighted by Gasteiger charge is 2.12. The van der Waals surface area contributed by atoms with Crippen molar-refractivity contribution in [3.8, 4) is 0 Å². The molecule has 5 heteroatoms. The van der Waals surface area contributed by atoms with Gasteiger partial charge in [0.25, 0.3) is 5.91 Å². The second-order valence-corrected chi connectivity index (χ2v) is 4.97. The normalized spacial score (nSPS) is 10.4. The Labute approximate surface area is 115 Å². The van der Waals surface area contributed by atoms with Crippen molar-refractivity contribution in [1.82, 2.24) is 10.3 Å². The van der Waals surface area contributed by atoms with E-state index < -0.39 is 0 Å². The van der Waals surface area contributed by atoms with Crippen LogP contribution in [0.25, 0.3) is 0 Å². The molecule has 1 heterocycles. The van der Waals surface area contributed by atoms with E-state index in [0.717, 1.165) is 17.7 Å². The molecule has 1 aromatic heterocycles. The summed E-state index contributed by atoms with van der Waals surface area (Å²) in [6.45, 7) is 2.51. The van der Waals surface area contributed by atoms with E-state index in [1.54, 1.807) is 17.6 Å². The number of benzene rings is 1. The number of nitrogens with zero attached hydrogens (tertiary/aromatic N) is 1. The molecular weight excluding hydrogens is 263 g/mol. The SMILES string of the molecule is CCc1ncsc1C(=O)NCCc1ccc(F)cc1. The van der Waals surface area contributed by atoms with Crippen molar-refractivity contribution in [3.05, 3.63) is 51.7 Å². The molecule has 0 bridgehead atoms. The van der Waals surface area contributed by atoms with Crippen molar-refractivity contribution < 1.29 is 9.18 Å². The monoisotopic (exact) mass is 278 g/mol. The highest BCUT2D eigenvalue weighted by Crippen LogP contribution is 2.13. The topological polar surface area (TPSA) is 42.0 Å². The number of hydrogen-bond donors (Lipinski definition) is 1. The molecule has 1 aromatic carbocycles. The molecule has 19 heavy (non-hydrogen) atoms. The molecule has 2 rings (SSSR count). The fourth-order valence-electron chi connectivity index (χ4n) is 1.76. The lowest BCUT2D eigenvalue weighted by atomic mass is 10.1. The van der Waals surface area contributed by atoms with Crippen LogP contribution in [0.4, 0.5) is 4.39 Å². The highest BCUT2D eigenvalue weighted by atomic mass is 32.1. The second-order valence-electron chi connectivity index (χ2n) is 4.11. The summed E-state index contributed by atoms with van der Waals surface area (Å²) in [7, 11) is 0. The average molecular weight is 278 g/mol. The maximum absolute atomic E-state index is 12.7. The van der Waals surface area contributed by atoms with Gasteiger partial charge in [-0.3, -0.25) is 4.79 Å². The van der Waals surface area contributed by atoms with E-state index in [1.807, 2.05) is 6.92 Å². The minimum Gasteiger partial charge on any atom is -0.351 e. The van der Waals surface area contributed by atoms with E-state index in [9.17, 15) is 9.18 Å². The molecule has 0 unspecified atom stereocenters. The van der Waals surface area contributed by atoms with E-state index >= 15 is 0 Å². The molecule has 0 aliphatic carbocycles. The molecule has 0 fully saturated rings. The number of aromatic nitrogens is 1. The molecule has 2 aromatic rings. The van der Waals surface area contributed by atoms with Gasteiger partial charge in [0.1, 0.15) is 10.7 Å². The Kier molecular flexibility index (Phi) is 4.63. The molecule has 0 saturated carbocycles. The number of carbonyl (C=O) groups is 1. The van der Waals surface area contributed by atoms with E-state index in [1.165, 1.54) is 23.5 Å². The molecular formula is C14H15FN2OS. The summed E-state index contributed by atoms with van der Waals surface area (Å²) in [5.74, 6) is -0.327. The van der Waals surface area contributed by atoms with Gasteiger partial charge in [0.2, 0.25) is 0 Å². The number of thiazole rings is 1. The Hall–Kier alpha value is -1.75. The first-order chi connectivity index (χ1) is 9.20. The van der Waals surface area contributed by atoms with Crippen LogP contribution in [0.1, 0.15) is 27.9 Å². The molecule has 0 radical (unpaired) electrons. The first-order valence-electron chi connectivity index (χ1n) is 6.15. The lowest BCUT2D eigenvalue weighted by molar-refractivity contribution is 0.0957. The Morgan fingerprint density at radius 1 is 1.37 bits per heavy atom. The number of hydrogen-bond acceptors (Lipinski definition) is 3. The maximum Gasteiger partial charge on any atom is 0.263 e. The van der Waals surface area contributed by atoms with Crippen molar-refractivity contribution in [2.45, 2.75) is 19.8 Å². The quantitative estimate of drug-likeness (QED) is 0.913. The van der Waals surface area contributed by atoms with Gasteiger partial charge < -0.3 is 5.32 Å². The van der Waals surface area contributed by atoms with Gasteiger partial charge in [-0.1, -0.05) is 19.1 Å². The second kappa shape index (κ2) is 6.43. The summed E-state index contributed by atoms with van der Waals surface area (Å²) in [5, 5.41) is 2.86. The zero-order valence-corrected chi connectivity index (χ0v) is 11.5. The Morgan fingerprint density at radius 3 is 2.79 bits per heavy atom. The molecule has 1 N–H and O–H groups in total. The van der Waals surface area contributed by atoms with Gasteiger partial charge in [0, 0.05) is 6.54 Å². The third-order valence-electron chi connectivity index (χ3n) is 2.79. The van der Waals surface area contributed by atoms with Crippen LogP contribution in [0.5, 0.6) is 0 Å². The number of halogens is 1. The number of amides is 1. The van der Waals surface area contributed by atoms with Crippen LogP contribution in [0, 0.1) is 5.82 Å². The molecule has 0 aliphatic rings. The van der Waals surface area contributed by atoms with Gasteiger partial charge in [0.15, 0.2) is 0 Å². The Bertz CT molecular complexity index is 551. The van der Waals surface area contributed by atoms with Crippen LogP contribution in [0.3, 0.4) is 0 Å². The summed E-state index contributed by atoms with van der Waals surface area (Å²) < 4.78 is 12.7. The molecule has 100 valence electrons. The maximum atomic E-state index is 12.7. The van der Waals surface area contributed by atoms with Crippen LogP contribution in [0.2, 0.25) is 0 Å². The number of rotatable bonds is 5. The fraction of sp³-hybridized carbons (Fsp3) is 0.286. The predicted octanol–water partition coefficient (Wildman–Crippen LogP) is 2.82. The molecule has 1 amide bonds. The summed E-state index contributed by atoms with van der Waals surface area (Å²) >= 11 is 1.36. The summed E-state index contributed by atoms with van der Waals surface area (Å²) in [6, 6.07) is 6.31. The van der Waals surface area contributed by atoms with Gasteiger partial charge in [-0.25, -0.2) is 9.37 Å². The molecule has 0 spiro atoms. The van der Waals surface area contributed by atoms with Crippen LogP contribution in [0.15, 0.2) is 29.8 Å². The van der Waals surface area contributed by atoms with Gasteiger partial charge in [0.05, 0.1) is 11.2 Å². The molecule has 3 nitrogen and oxygen atoms in total. The summed E-state index contributed by atoms with van der Waals surface area (Å²) in [6.07, 6.45) is 1.44. The van der Waals surface area contributed by atoms with E-state index in [4.69, 9.17) is 0 Å². The van der Waals surface area contributed by atoms with E-state index in [-0.39, 0.29) is 11.7 Å². The Balaban J connectivity index is 1.86. The first-order valence-corrected chi connectivity index (χ1v) is 7.03. The van der Waals surface area contributed by atoms with Crippen molar-refractivity contribution in [2.75, 3.05) is 6.54 Å². The largest absolute Gasteiger partial charge is 0.351 e. The lowest BCUT2D eigenvalue weighted by Crippen LogP contribution is -2.25. The summed E-state index contributed by atoms with van der Waals surface area (Å²) in [4.78, 5) is 16.8. The van der Waals surface area contributed by atoms with Gasteiger partial charge >= 0.3 is 0 Å². The van der Waals surface area contributed by atoms with Crippen LogP contribution < -0.4 is 5.32 Å². The average Bonchev–Trinajstić information content (AvgIpc) is 2.89. The first kappa shape index (κ1) is 13.7. The molecule has 0 aliphatic heterocycles. The molecule has 0 saturated heterocycles. The third-order valence-corrected chi connectivity index (χ3v) is 3.66. The molecule has 0 atom stereocenters. The van der Waals surface area contributed by atoms with Crippen molar-refractivity contribution in [2.24, 2.45) is 0 Å². The van der Waals surface area contributed by atoms with E-state index in [0.29, 0.717) is 17.8 Å². The minimum atomic E-state index is -0.245. The Morgan fingerprint density at radius 2 is 2.11 bits per heavy atom. The van der Waals surface area contributed by atoms with Crippen molar-refractivity contribution in [3.63, 3.8) is 0 Å². The number of aryl methyl sites for hydroxylation is 1. The highest BCUT2D eigenvalue weighted by molar-refractivity contribution is 7.11. The van der Waals surface area contributed by atoms with Crippen molar-refractivity contribution in [1.29, 1.82) is 0 Å². The van der Waals surface area contributed by atoms with Crippen molar-refractivity contribution >= 4 is 17.2 Å². The lowest BCUT2D eigenvalue weighted by Gasteiger charge is -2.05. The number of nitrogens with one attached hydrogen (secondary N) is 1. The predicted molar refractivity (Wildman–Crippen MR) is 73.9 cm³/mol. The van der Waals surface area contributed by atoms with Gasteiger partial charge in [-0.2, -0.15) is 0 Å². The number of carbonyl (C=O) groups excluding carboxylic acids is 1.